The molecule has 82 valence electrons. The van der Waals surface area contributed by atoms with Crippen LogP contribution in [0.1, 0.15) is 19.4 Å². The van der Waals surface area contributed by atoms with Crippen molar-refractivity contribution in [1.82, 2.24) is 10.3 Å². The van der Waals surface area contributed by atoms with Crippen LogP contribution >= 0.6 is 0 Å². The van der Waals surface area contributed by atoms with Crippen LogP contribution in [0, 0.1) is 6.92 Å². The van der Waals surface area contributed by atoms with Gasteiger partial charge in [-0.15, -0.1) is 0 Å². The average Bonchev–Trinajstić information content (AvgIpc) is 2.18. The Hall–Kier alpha value is -1.58. The summed E-state index contributed by atoms with van der Waals surface area (Å²) in [6, 6.07) is 3.57. The van der Waals surface area contributed by atoms with Crippen molar-refractivity contribution >= 4 is 11.7 Å². The monoisotopic (exact) mass is 207 g/mol. The lowest BCUT2D eigenvalue weighted by molar-refractivity contribution is -0.121. The molecule has 1 aromatic rings. The van der Waals surface area contributed by atoms with Gasteiger partial charge in [0.25, 0.3) is 0 Å². The Kier molecular flexibility index (Phi) is 4.09. The Morgan fingerprint density at radius 3 is 2.93 bits per heavy atom. The van der Waals surface area contributed by atoms with Gasteiger partial charge in [-0.25, -0.2) is 4.98 Å². The van der Waals surface area contributed by atoms with E-state index < -0.39 is 0 Å². The van der Waals surface area contributed by atoms with E-state index in [0.29, 0.717) is 6.54 Å². The first-order valence-corrected chi connectivity index (χ1v) is 5.10. The van der Waals surface area contributed by atoms with Gasteiger partial charge in [-0.1, -0.05) is 0 Å². The summed E-state index contributed by atoms with van der Waals surface area (Å²) in [6.07, 6.45) is 1.72. The number of carbonyl (C=O) groups is 1. The predicted molar refractivity (Wildman–Crippen MR) is 60.7 cm³/mol. The standard InChI is InChI=1S/C11H17N3O/c1-4-12-11(15)9(3)14-10-7-8(2)5-6-13-10/h5-7,9H,4H2,1-3H3,(H,12,15)(H,13,14). The summed E-state index contributed by atoms with van der Waals surface area (Å²) in [5, 5.41) is 5.80. The van der Waals surface area contributed by atoms with Crippen LogP contribution in [0.25, 0.3) is 0 Å². The van der Waals surface area contributed by atoms with Gasteiger partial charge in [-0.05, 0) is 38.5 Å². The Bertz CT molecular complexity index is 338. The van der Waals surface area contributed by atoms with E-state index in [-0.39, 0.29) is 11.9 Å². The molecule has 0 bridgehead atoms. The van der Waals surface area contributed by atoms with E-state index in [1.165, 1.54) is 0 Å². The second kappa shape index (κ2) is 5.34. The Morgan fingerprint density at radius 1 is 1.60 bits per heavy atom. The Morgan fingerprint density at radius 2 is 2.33 bits per heavy atom. The van der Waals surface area contributed by atoms with Gasteiger partial charge in [0.1, 0.15) is 11.9 Å². The molecule has 0 aliphatic carbocycles. The summed E-state index contributed by atoms with van der Waals surface area (Å²) in [7, 11) is 0. The highest BCUT2D eigenvalue weighted by molar-refractivity contribution is 5.83. The van der Waals surface area contributed by atoms with Crippen LogP contribution in [0.2, 0.25) is 0 Å². The molecular formula is C11H17N3O. The second-order valence-electron chi connectivity index (χ2n) is 3.48. The number of hydrogen-bond acceptors (Lipinski definition) is 3. The highest BCUT2D eigenvalue weighted by atomic mass is 16.2. The van der Waals surface area contributed by atoms with Crippen molar-refractivity contribution in [3.63, 3.8) is 0 Å². The topological polar surface area (TPSA) is 54.0 Å². The number of nitrogens with zero attached hydrogens (tertiary/aromatic N) is 1. The quantitative estimate of drug-likeness (QED) is 0.783. The molecule has 1 rings (SSSR count). The van der Waals surface area contributed by atoms with Crippen LogP contribution in [-0.4, -0.2) is 23.5 Å². The number of rotatable bonds is 4. The van der Waals surface area contributed by atoms with Crippen molar-refractivity contribution in [2.75, 3.05) is 11.9 Å². The smallest absolute Gasteiger partial charge is 0.242 e. The molecule has 1 heterocycles. The average molecular weight is 207 g/mol. The minimum absolute atomic E-state index is 0.0131. The van der Waals surface area contributed by atoms with Gasteiger partial charge in [0.2, 0.25) is 5.91 Å². The molecule has 1 unspecified atom stereocenters. The minimum atomic E-state index is -0.265. The number of likely N-dealkylation sites (N-methyl/N-ethyl adjacent to an activating group) is 1. The first kappa shape index (κ1) is 11.5. The number of pyridine rings is 1. The minimum Gasteiger partial charge on any atom is -0.359 e. The zero-order valence-corrected chi connectivity index (χ0v) is 9.37. The maximum Gasteiger partial charge on any atom is 0.242 e. The third-order valence-corrected chi connectivity index (χ3v) is 2.02. The summed E-state index contributed by atoms with van der Waals surface area (Å²) >= 11 is 0. The number of anilines is 1. The van der Waals surface area contributed by atoms with E-state index in [4.69, 9.17) is 0 Å². The van der Waals surface area contributed by atoms with Crippen molar-refractivity contribution in [3.8, 4) is 0 Å². The van der Waals surface area contributed by atoms with Gasteiger partial charge in [-0.2, -0.15) is 0 Å². The lowest BCUT2D eigenvalue weighted by atomic mass is 10.2. The Balaban J connectivity index is 2.58. The Labute approximate surface area is 90.1 Å². The van der Waals surface area contributed by atoms with Crippen LogP contribution in [0.4, 0.5) is 5.82 Å². The molecule has 1 amide bonds. The van der Waals surface area contributed by atoms with Crippen LogP contribution < -0.4 is 10.6 Å². The number of amides is 1. The number of carbonyl (C=O) groups excluding carboxylic acids is 1. The largest absolute Gasteiger partial charge is 0.359 e. The summed E-state index contributed by atoms with van der Waals surface area (Å²) < 4.78 is 0. The lowest BCUT2D eigenvalue weighted by Gasteiger charge is -2.13. The third-order valence-electron chi connectivity index (χ3n) is 2.02. The normalized spacial score (nSPS) is 11.9. The highest BCUT2D eigenvalue weighted by Crippen LogP contribution is 2.06. The van der Waals surface area contributed by atoms with Gasteiger partial charge in [0.15, 0.2) is 0 Å². The van der Waals surface area contributed by atoms with E-state index in [1.807, 2.05) is 32.9 Å². The molecule has 4 heteroatoms. The zero-order valence-electron chi connectivity index (χ0n) is 9.37. The molecule has 0 aromatic carbocycles. The molecule has 0 saturated carbocycles. The molecule has 0 fully saturated rings. The SMILES string of the molecule is CCNC(=O)C(C)Nc1cc(C)ccn1. The lowest BCUT2D eigenvalue weighted by Crippen LogP contribution is -2.37. The molecule has 0 spiro atoms. The van der Waals surface area contributed by atoms with E-state index >= 15 is 0 Å². The maximum atomic E-state index is 11.4. The molecule has 2 N–H and O–H groups in total. The number of nitrogens with one attached hydrogen (secondary N) is 2. The van der Waals surface area contributed by atoms with Crippen molar-refractivity contribution in [3.05, 3.63) is 23.9 Å². The van der Waals surface area contributed by atoms with Crippen molar-refractivity contribution < 1.29 is 4.79 Å². The molecule has 1 atom stereocenters. The van der Waals surface area contributed by atoms with Crippen LogP contribution in [-0.2, 0) is 4.79 Å². The zero-order chi connectivity index (χ0) is 11.3. The molecule has 1 aromatic heterocycles. The fourth-order valence-corrected chi connectivity index (χ4v) is 1.23. The molecular weight excluding hydrogens is 190 g/mol. The van der Waals surface area contributed by atoms with Crippen molar-refractivity contribution in [1.29, 1.82) is 0 Å². The number of hydrogen-bond donors (Lipinski definition) is 2. The van der Waals surface area contributed by atoms with Crippen LogP contribution in [0.3, 0.4) is 0 Å². The molecule has 0 aliphatic rings. The van der Waals surface area contributed by atoms with Gasteiger partial charge in [0.05, 0.1) is 0 Å². The molecule has 4 nitrogen and oxygen atoms in total. The summed E-state index contributed by atoms with van der Waals surface area (Å²) in [5.41, 5.74) is 1.12. The highest BCUT2D eigenvalue weighted by Gasteiger charge is 2.11. The van der Waals surface area contributed by atoms with E-state index in [2.05, 4.69) is 15.6 Å². The van der Waals surface area contributed by atoms with Gasteiger partial charge >= 0.3 is 0 Å². The predicted octanol–water partition coefficient (Wildman–Crippen LogP) is 1.33. The number of aryl methyl sites for hydroxylation is 1. The third kappa shape index (κ3) is 3.58. The second-order valence-corrected chi connectivity index (χ2v) is 3.48. The van der Waals surface area contributed by atoms with Gasteiger partial charge in [-0.3, -0.25) is 4.79 Å². The van der Waals surface area contributed by atoms with Crippen LogP contribution in [0.5, 0.6) is 0 Å². The fraction of sp³-hybridized carbons (Fsp3) is 0.455. The summed E-state index contributed by atoms with van der Waals surface area (Å²) in [6.45, 7) is 6.35. The molecule has 0 radical (unpaired) electrons. The van der Waals surface area contributed by atoms with E-state index in [1.54, 1.807) is 6.20 Å². The van der Waals surface area contributed by atoms with Gasteiger partial charge in [0, 0.05) is 12.7 Å². The van der Waals surface area contributed by atoms with Crippen molar-refractivity contribution in [2.24, 2.45) is 0 Å². The van der Waals surface area contributed by atoms with Crippen LogP contribution in [0.15, 0.2) is 18.3 Å². The number of aromatic nitrogens is 1. The first-order valence-electron chi connectivity index (χ1n) is 5.10. The fourth-order valence-electron chi connectivity index (χ4n) is 1.23. The van der Waals surface area contributed by atoms with Crippen molar-refractivity contribution in [2.45, 2.75) is 26.8 Å². The summed E-state index contributed by atoms with van der Waals surface area (Å²) in [4.78, 5) is 15.6. The molecule has 0 saturated heterocycles. The maximum absolute atomic E-state index is 11.4. The van der Waals surface area contributed by atoms with Gasteiger partial charge < -0.3 is 10.6 Å². The first-order chi connectivity index (χ1) is 7.13. The summed E-state index contributed by atoms with van der Waals surface area (Å²) in [5.74, 6) is 0.717. The molecule has 0 aliphatic heterocycles. The van der Waals surface area contributed by atoms with E-state index in [9.17, 15) is 4.79 Å². The van der Waals surface area contributed by atoms with E-state index in [0.717, 1.165) is 11.4 Å². The molecule has 15 heavy (non-hydrogen) atoms.